The van der Waals surface area contributed by atoms with Crippen molar-refractivity contribution in [2.45, 2.75) is 83.0 Å². The highest BCUT2D eigenvalue weighted by Crippen LogP contribution is 2.69. The molecule has 4 fully saturated rings. The molecule has 0 amide bonds. The van der Waals surface area contributed by atoms with Crippen LogP contribution in [0.25, 0.3) is 0 Å². The van der Waals surface area contributed by atoms with Gasteiger partial charge in [0.05, 0.1) is 17.8 Å². The van der Waals surface area contributed by atoms with E-state index in [9.17, 15) is 20.1 Å². The zero-order valence-corrected chi connectivity index (χ0v) is 17.1. The normalized spacial score (nSPS) is 55.8. The lowest BCUT2D eigenvalue weighted by Gasteiger charge is -2.63. The molecule has 28 heavy (non-hydrogen) atoms. The SMILES string of the molecule is C[C@]12CC[C@@H](O)C[C@@H]1CC[C@H]1[C@H]2CC[C@@]2(C)[C@H](C3=CC(=O)OC3)[C@H](O)C[C@]12O. The van der Waals surface area contributed by atoms with Crippen molar-refractivity contribution in [3.8, 4) is 0 Å². The highest BCUT2D eigenvalue weighted by molar-refractivity contribution is 5.85. The predicted octanol–water partition coefficient (Wildman–Crippen LogP) is 2.58. The third-order valence-electron chi connectivity index (χ3n) is 9.92. The molecular formula is C23H34O5. The van der Waals surface area contributed by atoms with Gasteiger partial charge in [-0.25, -0.2) is 4.79 Å². The summed E-state index contributed by atoms with van der Waals surface area (Å²) in [5.74, 6) is 0.627. The molecule has 0 unspecified atom stereocenters. The van der Waals surface area contributed by atoms with Gasteiger partial charge in [-0.05, 0) is 73.7 Å². The van der Waals surface area contributed by atoms with Gasteiger partial charge < -0.3 is 20.1 Å². The van der Waals surface area contributed by atoms with Gasteiger partial charge in [-0.1, -0.05) is 13.8 Å². The molecule has 9 atom stereocenters. The Hall–Kier alpha value is -0.910. The summed E-state index contributed by atoms with van der Waals surface area (Å²) in [6.07, 6.45) is 7.87. The van der Waals surface area contributed by atoms with E-state index < -0.39 is 17.1 Å². The number of ether oxygens (including phenoxy) is 1. The first-order valence-corrected chi connectivity index (χ1v) is 11.1. The molecular weight excluding hydrogens is 356 g/mol. The molecule has 4 aliphatic carbocycles. The average molecular weight is 391 g/mol. The Bertz CT molecular complexity index is 718. The van der Waals surface area contributed by atoms with Gasteiger partial charge in [0.15, 0.2) is 0 Å². The van der Waals surface area contributed by atoms with Crippen LogP contribution in [0.1, 0.15) is 65.2 Å². The molecule has 4 saturated carbocycles. The number of carbonyl (C=O) groups excluding carboxylic acids is 1. The zero-order valence-electron chi connectivity index (χ0n) is 17.1. The van der Waals surface area contributed by atoms with Crippen molar-refractivity contribution in [3.05, 3.63) is 11.6 Å². The summed E-state index contributed by atoms with van der Waals surface area (Å²) in [5, 5.41) is 33.3. The molecule has 3 N–H and O–H groups in total. The Kier molecular flexibility index (Phi) is 4.12. The lowest BCUT2D eigenvalue weighted by Crippen LogP contribution is -2.62. The number of rotatable bonds is 1. The van der Waals surface area contributed by atoms with Gasteiger partial charge in [-0.2, -0.15) is 0 Å². The lowest BCUT2D eigenvalue weighted by molar-refractivity contribution is -0.208. The molecule has 0 spiro atoms. The first-order chi connectivity index (χ1) is 13.2. The van der Waals surface area contributed by atoms with Gasteiger partial charge in [0.1, 0.15) is 6.61 Å². The molecule has 0 aromatic carbocycles. The Morgan fingerprint density at radius 3 is 2.57 bits per heavy atom. The number of aliphatic hydroxyl groups is 3. The van der Waals surface area contributed by atoms with Crippen molar-refractivity contribution < 1.29 is 24.9 Å². The number of aliphatic hydroxyl groups excluding tert-OH is 2. The van der Waals surface area contributed by atoms with E-state index in [1.54, 1.807) is 0 Å². The maximum Gasteiger partial charge on any atom is 0.331 e. The summed E-state index contributed by atoms with van der Waals surface area (Å²) in [6, 6.07) is 0. The molecule has 5 heteroatoms. The molecule has 0 bridgehead atoms. The summed E-state index contributed by atoms with van der Waals surface area (Å²) in [4.78, 5) is 11.7. The van der Waals surface area contributed by atoms with E-state index >= 15 is 0 Å². The molecule has 0 saturated heterocycles. The Balaban J connectivity index is 1.50. The Labute approximate surface area is 167 Å². The van der Waals surface area contributed by atoms with Crippen molar-refractivity contribution >= 4 is 5.97 Å². The second-order valence-electron chi connectivity index (χ2n) is 10.9. The van der Waals surface area contributed by atoms with Gasteiger partial charge in [-0.15, -0.1) is 0 Å². The maximum absolute atomic E-state index is 12.1. The van der Waals surface area contributed by atoms with E-state index in [4.69, 9.17) is 4.74 Å². The summed E-state index contributed by atoms with van der Waals surface area (Å²) in [6.45, 7) is 4.77. The van der Waals surface area contributed by atoms with Crippen molar-refractivity contribution in [2.24, 2.45) is 34.5 Å². The minimum atomic E-state index is -0.906. The third kappa shape index (κ3) is 2.33. The first-order valence-electron chi connectivity index (χ1n) is 11.1. The van der Waals surface area contributed by atoms with E-state index in [2.05, 4.69) is 13.8 Å². The van der Waals surface area contributed by atoms with Crippen molar-refractivity contribution in [1.29, 1.82) is 0 Å². The molecule has 1 aliphatic heterocycles. The predicted molar refractivity (Wildman–Crippen MR) is 103 cm³/mol. The smallest absolute Gasteiger partial charge is 0.331 e. The van der Waals surface area contributed by atoms with Crippen LogP contribution in [0.15, 0.2) is 11.6 Å². The van der Waals surface area contributed by atoms with E-state index in [0.29, 0.717) is 18.3 Å². The molecule has 0 radical (unpaired) electrons. The topological polar surface area (TPSA) is 87.0 Å². The number of fused-ring (bicyclic) bond motifs is 5. The number of hydrogen-bond acceptors (Lipinski definition) is 5. The summed E-state index contributed by atoms with van der Waals surface area (Å²) >= 11 is 0. The van der Waals surface area contributed by atoms with E-state index in [1.807, 2.05) is 0 Å². The highest BCUT2D eigenvalue weighted by Gasteiger charge is 2.70. The lowest BCUT2D eigenvalue weighted by atomic mass is 9.43. The minimum Gasteiger partial charge on any atom is -0.458 e. The van der Waals surface area contributed by atoms with E-state index in [1.165, 1.54) is 6.08 Å². The van der Waals surface area contributed by atoms with Crippen LogP contribution in [-0.4, -0.2) is 45.7 Å². The zero-order chi connectivity index (χ0) is 19.9. The van der Waals surface area contributed by atoms with Gasteiger partial charge >= 0.3 is 5.97 Å². The molecule has 1 heterocycles. The Morgan fingerprint density at radius 2 is 1.86 bits per heavy atom. The number of cyclic esters (lactones) is 1. The fourth-order valence-electron chi connectivity index (χ4n) is 8.47. The molecule has 5 nitrogen and oxygen atoms in total. The van der Waals surface area contributed by atoms with Crippen LogP contribution in [0.2, 0.25) is 0 Å². The standard InChI is InChI=1S/C23H34O5/c1-21-7-5-15(24)10-14(21)3-4-17-16(21)6-8-22(2)20(13-9-19(26)28-12-13)18(25)11-23(17,22)27/h9,14-18,20,24-25,27H,3-8,10-12H2,1-2H3/t14-,15+,16+,17-,18+,20+,21-,22-,23-/m0/s1. The fraction of sp³-hybridized carbons (Fsp3) is 0.870. The average Bonchev–Trinajstić information content (AvgIpc) is 3.13. The van der Waals surface area contributed by atoms with Gasteiger partial charge in [0.2, 0.25) is 0 Å². The van der Waals surface area contributed by atoms with Crippen LogP contribution in [0.5, 0.6) is 0 Å². The van der Waals surface area contributed by atoms with Crippen LogP contribution >= 0.6 is 0 Å². The maximum atomic E-state index is 12.1. The molecule has 5 aliphatic rings. The monoisotopic (exact) mass is 390 g/mol. The number of carbonyl (C=O) groups is 1. The number of esters is 1. The van der Waals surface area contributed by atoms with Crippen LogP contribution in [0.3, 0.4) is 0 Å². The molecule has 0 aromatic heterocycles. The van der Waals surface area contributed by atoms with Crippen LogP contribution < -0.4 is 0 Å². The Morgan fingerprint density at radius 1 is 1.07 bits per heavy atom. The largest absolute Gasteiger partial charge is 0.458 e. The summed E-state index contributed by atoms with van der Waals surface area (Å²) in [7, 11) is 0. The van der Waals surface area contributed by atoms with Crippen LogP contribution in [0.4, 0.5) is 0 Å². The molecule has 156 valence electrons. The fourth-order valence-corrected chi connectivity index (χ4v) is 8.47. The first kappa shape index (κ1) is 19.1. The minimum absolute atomic E-state index is 0.170. The van der Waals surface area contributed by atoms with Crippen LogP contribution in [-0.2, 0) is 9.53 Å². The second kappa shape index (κ2) is 6.05. The highest BCUT2D eigenvalue weighted by atomic mass is 16.5. The number of hydrogen-bond donors (Lipinski definition) is 3. The third-order valence-corrected chi connectivity index (χ3v) is 9.92. The summed E-state index contributed by atoms with van der Waals surface area (Å²) in [5.41, 5.74) is -0.301. The molecule has 5 rings (SSSR count). The second-order valence-corrected chi connectivity index (χ2v) is 10.9. The molecule has 0 aromatic rings. The van der Waals surface area contributed by atoms with Crippen molar-refractivity contribution in [1.82, 2.24) is 0 Å². The van der Waals surface area contributed by atoms with Gasteiger partial charge in [-0.3, -0.25) is 0 Å². The van der Waals surface area contributed by atoms with Crippen molar-refractivity contribution in [3.63, 3.8) is 0 Å². The van der Waals surface area contributed by atoms with Gasteiger partial charge in [0.25, 0.3) is 0 Å². The van der Waals surface area contributed by atoms with E-state index in [0.717, 1.165) is 50.5 Å². The van der Waals surface area contributed by atoms with Gasteiger partial charge in [0, 0.05) is 23.8 Å². The van der Waals surface area contributed by atoms with Crippen molar-refractivity contribution in [2.75, 3.05) is 6.61 Å². The quantitative estimate of drug-likeness (QED) is 0.599. The van der Waals surface area contributed by atoms with E-state index in [-0.39, 0.29) is 35.9 Å². The van der Waals surface area contributed by atoms with Crippen LogP contribution in [0, 0.1) is 34.5 Å². The summed E-state index contributed by atoms with van der Waals surface area (Å²) < 4.78 is 5.14.